The van der Waals surface area contributed by atoms with E-state index in [1.807, 2.05) is 12.1 Å². The summed E-state index contributed by atoms with van der Waals surface area (Å²) in [5, 5.41) is 3.81. The molecule has 0 atom stereocenters. The van der Waals surface area contributed by atoms with Crippen molar-refractivity contribution in [1.82, 2.24) is 4.98 Å². The third kappa shape index (κ3) is 2.65. The fraction of sp³-hybridized carbons (Fsp3) is 0. The minimum Gasteiger partial charge on any atom is -0.396 e. The molecule has 0 bridgehead atoms. The lowest BCUT2D eigenvalue weighted by Crippen LogP contribution is -1.98. The fourth-order valence-corrected chi connectivity index (χ4v) is 1.70. The van der Waals surface area contributed by atoms with E-state index >= 15 is 0 Å². The third-order valence-electron chi connectivity index (χ3n) is 1.99. The first-order chi connectivity index (χ1) is 7.65. The molecule has 0 saturated carbocycles. The molecule has 82 valence electrons. The number of pyridine rings is 1. The van der Waals surface area contributed by atoms with Crippen LogP contribution < -0.4 is 11.1 Å². The van der Waals surface area contributed by atoms with Gasteiger partial charge in [0, 0.05) is 21.4 Å². The van der Waals surface area contributed by atoms with Crippen molar-refractivity contribution < 1.29 is 0 Å². The number of nitrogens with one attached hydrogen (secondary N) is 1. The number of nitrogens with zero attached hydrogens (tertiary/aromatic N) is 1. The SMILES string of the molecule is Nc1cc(Br)cnc1Nc1ccc(Cl)cc1. The Kier molecular flexibility index (Phi) is 3.31. The summed E-state index contributed by atoms with van der Waals surface area (Å²) in [5.74, 6) is 0.630. The molecule has 0 amide bonds. The largest absolute Gasteiger partial charge is 0.396 e. The van der Waals surface area contributed by atoms with Gasteiger partial charge in [-0.25, -0.2) is 4.98 Å². The van der Waals surface area contributed by atoms with Crippen molar-refractivity contribution in [3.05, 3.63) is 46.0 Å². The number of halogens is 2. The molecule has 0 aliphatic carbocycles. The van der Waals surface area contributed by atoms with Gasteiger partial charge in [0.15, 0.2) is 5.82 Å². The maximum absolute atomic E-state index is 5.82. The normalized spacial score (nSPS) is 10.1. The highest BCUT2D eigenvalue weighted by Crippen LogP contribution is 2.24. The van der Waals surface area contributed by atoms with E-state index < -0.39 is 0 Å². The van der Waals surface area contributed by atoms with Crippen LogP contribution in [0.25, 0.3) is 0 Å². The minimum atomic E-state index is 0.587. The van der Waals surface area contributed by atoms with Gasteiger partial charge in [-0.15, -0.1) is 0 Å². The highest BCUT2D eigenvalue weighted by molar-refractivity contribution is 9.10. The van der Waals surface area contributed by atoms with Gasteiger partial charge in [-0.05, 0) is 46.3 Å². The van der Waals surface area contributed by atoms with Crippen LogP contribution in [0.2, 0.25) is 5.02 Å². The number of hydrogen-bond donors (Lipinski definition) is 2. The van der Waals surface area contributed by atoms with Gasteiger partial charge in [-0.3, -0.25) is 0 Å². The first-order valence-corrected chi connectivity index (χ1v) is 5.76. The molecule has 0 aliphatic heterocycles. The Bertz CT molecular complexity index is 499. The molecule has 16 heavy (non-hydrogen) atoms. The lowest BCUT2D eigenvalue weighted by atomic mass is 10.3. The zero-order valence-corrected chi connectivity index (χ0v) is 10.6. The number of aromatic nitrogens is 1. The number of rotatable bonds is 2. The number of benzene rings is 1. The molecule has 5 heteroatoms. The maximum atomic E-state index is 5.82. The molecule has 0 radical (unpaired) electrons. The van der Waals surface area contributed by atoms with Crippen molar-refractivity contribution in [2.24, 2.45) is 0 Å². The molecule has 3 nitrogen and oxygen atoms in total. The molecule has 1 heterocycles. The predicted octanol–water partition coefficient (Wildman–Crippen LogP) is 3.82. The van der Waals surface area contributed by atoms with Crippen molar-refractivity contribution in [2.75, 3.05) is 11.1 Å². The van der Waals surface area contributed by atoms with Crippen molar-refractivity contribution in [3.63, 3.8) is 0 Å². The predicted molar refractivity (Wildman–Crippen MR) is 71.1 cm³/mol. The molecule has 2 aromatic rings. The summed E-state index contributed by atoms with van der Waals surface area (Å²) in [6.07, 6.45) is 1.69. The van der Waals surface area contributed by atoms with Crippen LogP contribution in [0.15, 0.2) is 41.0 Å². The molecule has 0 fully saturated rings. The number of anilines is 3. The monoisotopic (exact) mass is 297 g/mol. The number of nitrogens with two attached hydrogens (primary N) is 1. The first kappa shape index (κ1) is 11.2. The van der Waals surface area contributed by atoms with Crippen molar-refractivity contribution in [1.29, 1.82) is 0 Å². The van der Waals surface area contributed by atoms with Crippen LogP contribution in [0, 0.1) is 0 Å². The van der Waals surface area contributed by atoms with Gasteiger partial charge in [-0.2, -0.15) is 0 Å². The van der Waals surface area contributed by atoms with Crippen molar-refractivity contribution >= 4 is 44.7 Å². The van der Waals surface area contributed by atoms with Gasteiger partial charge in [0.05, 0.1) is 5.69 Å². The molecular weight excluding hydrogens is 289 g/mol. The third-order valence-corrected chi connectivity index (χ3v) is 2.68. The molecule has 0 spiro atoms. The molecule has 1 aromatic carbocycles. The van der Waals surface area contributed by atoms with Gasteiger partial charge in [0.2, 0.25) is 0 Å². The van der Waals surface area contributed by atoms with Crippen LogP contribution in [-0.2, 0) is 0 Å². The highest BCUT2D eigenvalue weighted by Gasteiger charge is 2.01. The summed E-state index contributed by atoms with van der Waals surface area (Å²) in [4.78, 5) is 4.18. The second-order valence-electron chi connectivity index (χ2n) is 3.22. The Morgan fingerprint density at radius 1 is 1.25 bits per heavy atom. The van der Waals surface area contributed by atoms with Crippen LogP contribution in [0.4, 0.5) is 17.2 Å². The lowest BCUT2D eigenvalue weighted by Gasteiger charge is -2.08. The van der Waals surface area contributed by atoms with Crippen molar-refractivity contribution in [2.45, 2.75) is 0 Å². The number of hydrogen-bond acceptors (Lipinski definition) is 3. The smallest absolute Gasteiger partial charge is 0.153 e. The molecule has 0 aliphatic rings. The summed E-state index contributed by atoms with van der Waals surface area (Å²) in [6, 6.07) is 9.14. The van der Waals surface area contributed by atoms with E-state index in [9.17, 15) is 0 Å². The Morgan fingerprint density at radius 3 is 2.56 bits per heavy atom. The molecule has 0 unspecified atom stereocenters. The topological polar surface area (TPSA) is 50.9 Å². The molecular formula is C11H9BrClN3. The minimum absolute atomic E-state index is 0.587. The van der Waals surface area contributed by atoms with E-state index in [1.54, 1.807) is 24.4 Å². The zero-order chi connectivity index (χ0) is 11.5. The Balaban J connectivity index is 2.23. The summed E-state index contributed by atoms with van der Waals surface area (Å²) in [6.45, 7) is 0. The van der Waals surface area contributed by atoms with Gasteiger partial charge >= 0.3 is 0 Å². The molecule has 0 saturated heterocycles. The van der Waals surface area contributed by atoms with Gasteiger partial charge in [0.1, 0.15) is 0 Å². The zero-order valence-electron chi connectivity index (χ0n) is 8.24. The summed E-state index contributed by atoms with van der Waals surface area (Å²) in [5.41, 5.74) is 7.30. The van der Waals surface area contributed by atoms with Gasteiger partial charge < -0.3 is 11.1 Å². The van der Waals surface area contributed by atoms with E-state index in [2.05, 4.69) is 26.2 Å². The highest BCUT2D eigenvalue weighted by atomic mass is 79.9. The molecule has 1 aromatic heterocycles. The maximum Gasteiger partial charge on any atom is 0.153 e. The van der Waals surface area contributed by atoms with E-state index in [1.165, 1.54) is 0 Å². The Morgan fingerprint density at radius 2 is 1.94 bits per heavy atom. The van der Waals surface area contributed by atoms with E-state index in [0.29, 0.717) is 16.5 Å². The van der Waals surface area contributed by atoms with E-state index in [0.717, 1.165) is 10.2 Å². The van der Waals surface area contributed by atoms with E-state index in [4.69, 9.17) is 17.3 Å². The Hall–Kier alpha value is -1.26. The lowest BCUT2D eigenvalue weighted by molar-refractivity contribution is 1.30. The van der Waals surface area contributed by atoms with Crippen LogP contribution >= 0.6 is 27.5 Å². The van der Waals surface area contributed by atoms with Gasteiger partial charge in [0.25, 0.3) is 0 Å². The van der Waals surface area contributed by atoms with Gasteiger partial charge in [-0.1, -0.05) is 11.6 Å². The first-order valence-electron chi connectivity index (χ1n) is 4.59. The van der Waals surface area contributed by atoms with Crippen LogP contribution in [-0.4, -0.2) is 4.98 Å². The molecule has 2 rings (SSSR count). The second kappa shape index (κ2) is 4.72. The molecule has 3 N–H and O–H groups in total. The average molecular weight is 299 g/mol. The summed E-state index contributed by atoms with van der Waals surface area (Å²) in [7, 11) is 0. The van der Waals surface area contributed by atoms with Crippen molar-refractivity contribution in [3.8, 4) is 0 Å². The second-order valence-corrected chi connectivity index (χ2v) is 4.58. The van der Waals surface area contributed by atoms with Crippen LogP contribution in [0.3, 0.4) is 0 Å². The average Bonchev–Trinajstić information content (AvgIpc) is 2.25. The van der Waals surface area contributed by atoms with Crippen LogP contribution in [0.1, 0.15) is 0 Å². The summed E-state index contributed by atoms with van der Waals surface area (Å²) >= 11 is 9.10. The summed E-state index contributed by atoms with van der Waals surface area (Å²) < 4.78 is 0.853. The fourth-order valence-electron chi connectivity index (χ4n) is 1.23. The quantitative estimate of drug-likeness (QED) is 0.886. The Labute approximate surface area is 107 Å². The van der Waals surface area contributed by atoms with Crippen LogP contribution in [0.5, 0.6) is 0 Å². The van der Waals surface area contributed by atoms with E-state index in [-0.39, 0.29) is 0 Å². The number of nitrogen functional groups attached to an aromatic ring is 1. The standard InChI is InChI=1S/C11H9BrClN3/c12-7-5-10(14)11(15-6-7)16-9-3-1-8(13)2-4-9/h1-6H,14H2,(H,15,16).